The second kappa shape index (κ2) is 13.3. The third kappa shape index (κ3) is 7.36. The van der Waals surface area contributed by atoms with Crippen molar-refractivity contribution in [3.05, 3.63) is 63.5 Å². The molecule has 15 heteroatoms. The van der Waals surface area contributed by atoms with Crippen LogP contribution in [-0.4, -0.2) is 76.8 Å². The fraction of sp³-hybridized carbons (Fsp3) is 0.321. The van der Waals surface area contributed by atoms with Crippen molar-refractivity contribution in [2.75, 3.05) is 45.7 Å². The maximum atomic E-state index is 13.4. The lowest BCUT2D eigenvalue weighted by molar-refractivity contribution is -0.140. The van der Waals surface area contributed by atoms with Crippen molar-refractivity contribution in [3.8, 4) is 21.7 Å². The molecule has 3 amide bonds. The highest BCUT2D eigenvalue weighted by Crippen LogP contribution is 2.39. The molecule has 228 valence electrons. The number of aliphatic hydroxyl groups is 1. The Hall–Kier alpha value is -4.34. The Balaban J connectivity index is 1.84. The third-order valence-corrected chi connectivity index (χ3v) is 7.21. The van der Waals surface area contributed by atoms with E-state index in [0.29, 0.717) is 36.3 Å². The number of benzene rings is 1. The number of nitrogens with zero attached hydrogens (tertiary/aromatic N) is 4. The summed E-state index contributed by atoms with van der Waals surface area (Å²) in [6, 6.07) is 5.64. The summed E-state index contributed by atoms with van der Waals surface area (Å²) >= 11 is 0.784. The van der Waals surface area contributed by atoms with E-state index in [1.165, 1.54) is 24.5 Å². The summed E-state index contributed by atoms with van der Waals surface area (Å²) in [4.78, 5) is 48.2. The highest BCUT2D eigenvalue weighted by molar-refractivity contribution is 7.13. The number of nitrogens with one attached hydrogen (secondary N) is 3. The van der Waals surface area contributed by atoms with Gasteiger partial charge in [-0.15, -0.1) is 11.3 Å². The van der Waals surface area contributed by atoms with Gasteiger partial charge in [0, 0.05) is 60.5 Å². The SMILES string of the molecule is CCNC(=O)Nc1cc(-c2nc(C(F)(F)F)cs2)c(-c2ccc3c(=O)c(C(=O)NCCN(C)C)cn(CCO)c3c2)cn1. The van der Waals surface area contributed by atoms with E-state index in [4.69, 9.17) is 0 Å². The Labute approximate surface area is 248 Å². The number of hydrogen-bond acceptors (Lipinski definition) is 8. The summed E-state index contributed by atoms with van der Waals surface area (Å²) < 4.78 is 41.7. The van der Waals surface area contributed by atoms with Crippen molar-refractivity contribution >= 4 is 40.0 Å². The van der Waals surface area contributed by atoms with Crippen LogP contribution in [0.1, 0.15) is 23.0 Å². The summed E-state index contributed by atoms with van der Waals surface area (Å²) in [6.45, 7) is 2.77. The van der Waals surface area contributed by atoms with E-state index in [-0.39, 0.29) is 40.5 Å². The number of hydrogen-bond donors (Lipinski definition) is 4. The van der Waals surface area contributed by atoms with Crippen molar-refractivity contribution in [3.63, 3.8) is 0 Å². The van der Waals surface area contributed by atoms with Crippen LogP contribution in [0.4, 0.5) is 23.8 Å². The van der Waals surface area contributed by atoms with Crippen molar-refractivity contribution in [2.24, 2.45) is 0 Å². The standard InChI is InChI=1S/C28H30F3N7O4S/c1-4-32-27(42)36-23-12-18(26-35-22(15-43-26)28(29,30)31)19(13-34-23)16-5-6-17-21(11-16)38(9-10-39)14-20(24(17)40)25(41)33-7-8-37(2)3/h5-6,11-15,39H,4,7-10H2,1-3H3,(H,33,41)(H2,32,34,36,42). The molecule has 4 N–H and O–H groups in total. The smallest absolute Gasteiger partial charge is 0.395 e. The molecule has 0 saturated heterocycles. The Morgan fingerprint density at radius 2 is 1.91 bits per heavy atom. The molecular formula is C28H30F3N7O4S. The van der Waals surface area contributed by atoms with Crippen LogP contribution in [0, 0.1) is 0 Å². The van der Waals surface area contributed by atoms with Crippen LogP contribution in [0.2, 0.25) is 0 Å². The van der Waals surface area contributed by atoms with Crippen molar-refractivity contribution in [2.45, 2.75) is 19.6 Å². The van der Waals surface area contributed by atoms with Gasteiger partial charge in [-0.05, 0) is 44.8 Å². The van der Waals surface area contributed by atoms with Gasteiger partial charge in [0.2, 0.25) is 5.43 Å². The first-order valence-electron chi connectivity index (χ1n) is 13.2. The number of fused-ring (bicyclic) bond motifs is 1. The number of aromatic nitrogens is 3. The molecule has 1 aromatic carbocycles. The molecule has 4 aromatic rings. The second-order valence-corrected chi connectivity index (χ2v) is 10.6. The van der Waals surface area contributed by atoms with E-state index >= 15 is 0 Å². The van der Waals surface area contributed by atoms with Gasteiger partial charge in [-0.2, -0.15) is 13.2 Å². The molecule has 3 heterocycles. The number of aliphatic hydroxyl groups excluding tert-OH is 1. The molecule has 0 radical (unpaired) electrons. The van der Waals surface area contributed by atoms with Crippen LogP contribution in [0.15, 0.2) is 46.8 Å². The molecule has 43 heavy (non-hydrogen) atoms. The van der Waals surface area contributed by atoms with Crippen LogP contribution < -0.4 is 21.4 Å². The number of amides is 3. The van der Waals surface area contributed by atoms with Gasteiger partial charge >= 0.3 is 12.2 Å². The molecule has 0 fully saturated rings. The lowest BCUT2D eigenvalue weighted by Crippen LogP contribution is -2.34. The average Bonchev–Trinajstić information content (AvgIpc) is 3.45. The topological polar surface area (TPSA) is 141 Å². The van der Waals surface area contributed by atoms with E-state index in [0.717, 1.165) is 16.7 Å². The molecule has 0 spiro atoms. The van der Waals surface area contributed by atoms with Gasteiger partial charge in [0.25, 0.3) is 5.91 Å². The normalized spacial score (nSPS) is 11.6. The highest BCUT2D eigenvalue weighted by atomic mass is 32.1. The molecule has 0 aliphatic heterocycles. The molecule has 0 saturated carbocycles. The van der Waals surface area contributed by atoms with Crippen LogP contribution in [-0.2, 0) is 12.7 Å². The molecular weight excluding hydrogens is 587 g/mol. The summed E-state index contributed by atoms with van der Waals surface area (Å²) in [6.07, 6.45) is -1.87. The lowest BCUT2D eigenvalue weighted by atomic mass is 9.99. The van der Waals surface area contributed by atoms with Crippen LogP contribution in [0.3, 0.4) is 0 Å². The summed E-state index contributed by atoms with van der Waals surface area (Å²) in [7, 11) is 3.71. The zero-order valence-electron chi connectivity index (χ0n) is 23.6. The number of rotatable bonds is 10. The number of pyridine rings is 2. The fourth-order valence-corrected chi connectivity index (χ4v) is 5.14. The molecule has 0 atom stereocenters. The summed E-state index contributed by atoms with van der Waals surface area (Å²) in [5.74, 6) is -0.452. The fourth-order valence-electron chi connectivity index (χ4n) is 4.28. The number of halogens is 3. The predicted octanol–water partition coefficient (Wildman–Crippen LogP) is 3.63. The molecule has 0 aliphatic rings. The molecule has 11 nitrogen and oxygen atoms in total. The minimum atomic E-state index is -4.65. The van der Waals surface area contributed by atoms with E-state index in [2.05, 4.69) is 25.9 Å². The molecule has 4 rings (SSSR count). The summed E-state index contributed by atoms with van der Waals surface area (Å²) in [5, 5.41) is 18.7. The average molecular weight is 618 g/mol. The van der Waals surface area contributed by atoms with E-state index in [1.54, 1.807) is 23.6 Å². The second-order valence-electron chi connectivity index (χ2n) is 9.72. The number of carbonyl (C=O) groups excluding carboxylic acids is 2. The number of likely N-dealkylation sites (N-methyl/N-ethyl adjacent to an activating group) is 1. The zero-order valence-corrected chi connectivity index (χ0v) is 24.4. The van der Waals surface area contributed by atoms with Gasteiger partial charge in [-0.1, -0.05) is 6.07 Å². The van der Waals surface area contributed by atoms with Crippen LogP contribution in [0.5, 0.6) is 0 Å². The van der Waals surface area contributed by atoms with Gasteiger partial charge in [-0.25, -0.2) is 14.8 Å². The van der Waals surface area contributed by atoms with E-state index in [9.17, 15) is 32.7 Å². The monoisotopic (exact) mass is 617 g/mol. The van der Waals surface area contributed by atoms with Crippen molar-refractivity contribution in [1.29, 1.82) is 0 Å². The van der Waals surface area contributed by atoms with Crippen molar-refractivity contribution < 1.29 is 27.9 Å². The minimum Gasteiger partial charge on any atom is -0.395 e. The Morgan fingerprint density at radius 3 is 2.56 bits per heavy atom. The minimum absolute atomic E-state index is 0.0428. The Morgan fingerprint density at radius 1 is 1.14 bits per heavy atom. The quantitative estimate of drug-likeness (QED) is 0.213. The Kier molecular flexibility index (Phi) is 9.78. The van der Waals surface area contributed by atoms with E-state index < -0.39 is 29.2 Å². The lowest BCUT2D eigenvalue weighted by Gasteiger charge is -2.16. The predicted molar refractivity (Wildman–Crippen MR) is 158 cm³/mol. The molecule has 0 unspecified atom stereocenters. The van der Waals surface area contributed by atoms with Gasteiger partial charge < -0.3 is 25.2 Å². The number of thiazole rings is 1. The number of anilines is 1. The van der Waals surface area contributed by atoms with Gasteiger partial charge in [0.15, 0.2) is 5.69 Å². The number of carbonyl (C=O) groups is 2. The first-order chi connectivity index (χ1) is 20.4. The largest absolute Gasteiger partial charge is 0.434 e. The van der Waals surface area contributed by atoms with Crippen LogP contribution >= 0.6 is 11.3 Å². The van der Waals surface area contributed by atoms with Gasteiger partial charge in [0.1, 0.15) is 16.4 Å². The van der Waals surface area contributed by atoms with Gasteiger partial charge in [-0.3, -0.25) is 14.9 Å². The summed E-state index contributed by atoms with van der Waals surface area (Å²) in [5.41, 5.74) is -0.106. The van der Waals surface area contributed by atoms with Crippen molar-refractivity contribution in [1.82, 2.24) is 30.1 Å². The highest BCUT2D eigenvalue weighted by Gasteiger charge is 2.34. The first kappa shape index (κ1) is 31.6. The molecule has 3 aromatic heterocycles. The zero-order chi connectivity index (χ0) is 31.3. The Bertz CT molecular complexity index is 1700. The van der Waals surface area contributed by atoms with E-state index in [1.807, 2.05) is 19.0 Å². The maximum Gasteiger partial charge on any atom is 0.434 e. The number of alkyl halides is 3. The maximum absolute atomic E-state index is 13.4. The first-order valence-corrected chi connectivity index (χ1v) is 14.1. The molecule has 0 aliphatic carbocycles. The van der Waals surface area contributed by atoms with Crippen LogP contribution in [0.25, 0.3) is 32.6 Å². The number of urea groups is 1. The third-order valence-electron chi connectivity index (χ3n) is 6.33. The molecule has 0 bridgehead atoms. The van der Waals surface area contributed by atoms with Gasteiger partial charge in [0.05, 0.1) is 12.1 Å².